The monoisotopic (exact) mass is 297 g/mol. The molecule has 112 valence electrons. The number of nitrogens with zero attached hydrogens (tertiary/aromatic N) is 1. The van der Waals surface area contributed by atoms with Gasteiger partial charge in [0.15, 0.2) is 0 Å². The Labute approximate surface area is 120 Å². The average molecular weight is 297 g/mol. The first-order valence-corrected chi connectivity index (χ1v) is 9.02. The lowest BCUT2D eigenvalue weighted by Gasteiger charge is -2.07. The topological polar surface area (TPSA) is 63.1 Å². The number of sulfonamides is 1. The molecule has 1 heterocycles. The minimum atomic E-state index is -3.35. The van der Waals surface area contributed by atoms with Crippen LogP contribution in [0, 0.1) is 0 Å². The van der Waals surface area contributed by atoms with Gasteiger partial charge in [0.25, 0.3) is 0 Å². The molecular formula is C14H23N3O2S. The van der Waals surface area contributed by atoms with Gasteiger partial charge in [0.05, 0.1) is 4.90 Å². The molecule has 0 bridgehead atoms. The summed E-state index contributed by atoms with van der Waals surface area (Å²) in [5.41, 5.74) is 1.09. The van der Waals surface area contributed by atoms with Crippen LogP contribution in [0.5, 0.6) is 0 Å². The Balaban J connectivity index is 1.78. The SMILES string of the molecule is CCCNS(=O)(=O)c1cc(CNC2CC2)n(C2CC2)c1. The van der Waals surface area contributed by atoms with E-state index in [1.54, 1.807) is 6.20 Å². The lowest BCUT2D eigenvalue weighted by Crippen LogP contribution is -2.24. The molecule has 1 aromatic heterocycles. The van der Waals surface area contributed by atoms with Crippen LogP contribution in [0.1, 0.15) is 50.8 Å². The van der Waals surface area contributed by atoms with Gasteiger partial charge in [-0.3, -0.25) is 0 Å². The third-order valence-electron chi connectivity index (χ3n) is 3.85. The Kier molecular flexibility index (Phi) is 3.88. The lowest BCUT2D eigenvalue weighted by molar-refractivity contribution is 0.580. The summed E-state index contributed by atoms with van der Waals surface area (Å²) in [5, 5.41) is 3.47. The Bertz CT molecular complexity index is 571. The van der Waals surface area contributed by atoms with Crippen molar-refractivity contribution in [1.29, 1.82) is 0 Å². The molecule has 0 aliphatic heterocycles. The van der Waals surface area contributed by atoms with Crippen LogP contribution < -0.4 is 10.0 Å². The lowest BCUT2D eigenvalue weighted by atomic mass is 10.4. The maximum Gasteiger partial charge on any atom is 0.242 e. The molecule has 2 fully saturated rings. The van der Waals surface area contributed by atoms with Gasteiger partial charge in [-0.1, -0.05) is 6.92 Å². The highest BCUT2D eigenvalue weighted by Gasteiger charge is 2.29. The van der Waals surface area contributed by atoms with Crippen LogP contribution in [0.3, 0.4) is 0 Å². The molecule has 0 unspecified atom stereocenters. The molecule has 2 N–H and O–H groups in total. The maximum atomic E-state index is 12.2. The molecule has 2 aliphatic rings. The number of hydrogen-bond donors (Lipinski definition) is 2. The van der Waals surface area contributed by atoms with Crippen LogP contribution in [0.15, 0.2) is 17.2 Å². The van der Waals surface area contributed by atoms with E-state index in [9.17, 15) is 8.42 Å². The molecule has 5 nitrogen and oxygen atoms in total. The van der Waals surface area contributed by atoms with E-state index in [1.165, 1.54) is 12.8 Å². The smallest absolute Gasteiger partial charge is 0.242 e. The largest absolute Gasteiger partial charge is 0.346 e. The number of hydrogen-bond acceptors (Lipinski definition) is 3. The third-order valence-corrected chi connectivity index (χ3v) is 5.28. The molecule has 0 saturated heterocycles. The van der Waals surface area contributed by atoms with Gasteiger partial charge in [-0.15, -0.1) is 0 Å². The fraction of sp³-hybridized carbons (Fsp3) is 0.714. The summed E-state index contributed by atoms with van der Waals surface area (Å²) in [6.45, 7) is 3.22. The minimum absolute atomic E-state index is 0.408. The van der Waals surface area contributed by atoms with Crippen molar-refractivity contribution in [3.05, 3.63) is 18.0 Å². The third kappa shape index (κ3) is 3.24. The second-order valence-corrected chi connectivity index (χ2v) is 7.63. The van der Waals surface area contributed by atoms with Crippen molar-refractivity contribution in [1.82, 2.24) is 14.6 Å². The van der Waals surface area contributed by atoms with E-state index in [2.05, 4.69) is 14.6 Å². The molecule has 0 atom stereocenters. The zero-order valence-electron chi connectivity index (χ0n) is 11.9. The molecule has 20 heavy (non-hydrogen) atoms. The zero-order valence-corrected chi connectivity index (χ0v) is 12.7. The highest BCUT2D eigenvalue weighted by molar-refractivity contribution is 7.89. The molecule has 0 aromatic carbocycles. The summed E-state index contributed by atoms with van der Waals surface area (Å²) in [5.74, 6) is 0. The van der Waals surface area contributed by atoms with Crippen molar-refractivity contribution in [3.63, 3.8) is 0 Å². The van der Waals surface area contributed by atoms with Crippen LogP contribution in [0.4, 0.5) is 0 Å². The summed E-state index contributed by atoms with van der Waals surface area (Å²) in [6, 6.07) is 2.96. The second-order valence-electron chi connectivity index (χ2n) is 5.86. The van der Waals surface area contributed by atoms with Crippen LogP contribution in [0.2, 0.25) is 0 Å². The molecular weight excluding hydrogens is 274 g/mol. The fourth-order valence-corrected chi connectivity index (χ4v) is 3.52. The Hall–Kier alpha value is -0.850. The van der Waals surface area contributed by atoms with Gasteiger partial charge in [0, 0.05) is 37.1 Å². The van der Waals surface area contributed by atoms with Gasteiger partial charge >= 0.3 is 0 Å². The Morgan fingerprint density at radius 2 is 2.05 bits per heavy atom. The number of nitrogens with one attached hydrogen (secondary N) is 2. The van der Waals surface area contributed by atoms with Gasteiger partial charge < -0.3 is 9.88 Å². The Morgan fingerprint density at radius 3 is 2.65 bits per heavy atom. The summed E-state index contributed by atoms with van der Waals surface area (Å²) in [6.07, 6.45) is 7.42. The first-order valence-electron chi connectivity index (χ1n) is 7.54. The molecule has 3 rings (SSSR count). The summed E-state index contributed by atoms with van der Waals surface area (Å²) in [4.78, 5) is 0.408. The summed E-state index contributed by atoms with van der Waals surface area (Å²) < 4.78 is 29.2. The van der Waals surface area contributed by atoms with E-state index in [1.807, 2.05) is 13.0 Å². The molecule has 0 amide bonds. The van der Waals surface area contributed by atoms with E-state index >= 15 is 0 Å². The van der Waals surface area contributed by atoms with Crippen LogP contribution >= 0.6 is 0 Å². The molecule has 1 aromatic rings. The number of aromatic nitrogens is 1. The van der Waals surface area contributed by atoms with Crippen LogP contribution in [-0.4, -0.2) is 25.6 Å². The first kappa shape index (κ1) is 14.1. The van der Waals surface area contributed by atoms with Crippen molar-refractivity contribution in [3.8, 4) is 0 Å². The van der Waals surface area contributed by atoms with Crippen molar-refractivity contribution in [2.45, 2.75) is 62.6 Å². The van der Waals surface area contributed by atoms with Gasteiger partial charge in [-0.25, -0.2) is 13.1 Å². The minimum Gasteiger partial charge on any atom is -0.346 e. The van der Waals surface area contributed by atoms with Crippen LogP contribution in [-0.2, 0) is 16.6 Å². The van der Waals surface area contributed by atoms with Gasteiger partial charge in [-0.2, -0.15) is 0 Å². The van der Waals surface area contributed by atoms with E-state index in [-0.39, 0.29) is 0 Å². The maximum absolute atomic E-state index is 12.2. The normalized spacial score (nSPS) is 19.4. The van der Waals surface area contributed by atoms with Gasteiger partial charge in [0.2, 0.25) is 10.0 Å². The standard InChI is InChI=1S/C14H23N3O2S/c1-2-7-16-20(18,19)14-8-13(9-15-11-3-4-11)17(10-14)12-5-6-12/h8,10-12,15-16H,2-7,9H2,1H3. The van der Waals surface area contributed by atoms with Crippen molar-refractivity contribution in [2.24, 2.45) is 0 Å². The van der Waals surface area contributed by atoms with Gasteiger partial charge in [0.1, 0.15) is 0 Å². The predicted molar refractivity (Wildman–Crippen MR) is 78.0 cm³/mol. The second kappa shape index (κ2) is 5.50. The highest BCUT2D eigenvalue weighted by atomic mass is 32.2. The molecule has 2 aliphatic carbocycles. The van der Waals surface area contributed by atoms with E-state index in [4.69, 9.17) is 0 Å². The molecule has 2 saturated carbocycles. The van der Waals surface area contributed by atoms with Crippen molar-refractivity contribution < 1.29 is 8.42 Å². The molecule has 0 radical (unpaired) electrons. The highest BCUT2D eigenvalue weighted by Crippen LogP contribution is 2.37. The van der Waals surface area contributed by atoms with E-state index in [0.717, 1.165) is 31.5 Å². The fourth-order valence-electron chi connectivity index (χ4n) is 2.33. The van der Waals surface area contributed by atoms with E-state index < -0.39 is 10.0 Å². The summed E-state index contributed by atoms with van der Waals surface area (Å²) in [7, 11) is -3.35. The van der Waals surface area contributed by atoms with E-state index in [0.29, 0.717) is 23.5 Å². The van der Waals surface area contributed by atoms with Gasteiger partial charge in [-0.05, 0) is 38.2 Å². The zero-order chi connectivity index (χ0) is 14.2. The van der Waals surface area contributed by atoms with Crippen molar-refractivity contribution in [2.75, 3.05) is 6.54 Å². The summed E-state index contributed by atoms with van der Waals surface area (Å²) >= 11 is 0. The average Bonchev–Trinajstić information content (AvgIpc) is 3.33. The van der Waals surface area contributed by atoms with Crippen LogP contribution in [0.25, 0.3) is 0 Å². The quantitative estimate of drug-likeness (QED) is 0.768. The molecule has 6 heteroatoms. The Morgan fingerprint density at radius 1 is 1.30 bits per heavy atom. The molecule has 0 spiro atoms. The first-order chi connectivity index (χ1) is 9.60. The number of rotatable bonds is 8. The predicted octanol–water partition coefficient (Wildman–Crippen LogP) is 1.76. The van der Waals surface area contributed by atoms with Crippen molar-refractivity contribution >= 4 is 10.0 Å².